The van der Waals surface area contributed by atoms with E-state index in [0.29, 0.717) is 0 Å². The molecule has 0 aromatic carbocycles. The summed E-state index contributed by atoms with van der Waals surface area (Å²) < 4.78 is 0. The van der Waals surface area contributed by atoms with Crippen molar-refractivity contribution in [3.8, 4) is 0 Å². The Balaban J connectivity index is -0.00000000161. The van der Waals surface area contributed by atoms with Gasteiger partial charge in [0, 0.05) is 0 Å². The van der Waals surface area contributed by atoms with Gasteiger partial charge < -0.3 is 15.9 Å². The van der Waals surface area contributed by atoms with Gasteiger partial charge in [-0.15, -0.1) is 0 Å². The normalized spacial score (nSPS) is 3.00. The molecule has 0 aliphatic rings. The molecular formula is CH7CaFNa2O3. The minimum absolute atomic E-state index is 0. The Morgan fingerprint density at radius 3 is 1.25 bits per heavy atom. The van der Waals surface area contributed by atoms with Crippen LogP contribution in [0.1, 0.15) is 5.71 Å². The van der Waals surface area contributed by atoms with Crippen LogP contribution in [0, 0.1) is 0 Å². The molecule has 2 N–H and O–H groups in total. The molecule has 0 saturated heterocycles. The molecule has 40 valence electrons. The zero-order chi connectivity index (χ0) is 3.58. The third-order valence-corrected chi connectivity index (χ3v) is 0. The van der Waals surface area contributed by atoms with Crippen molar-refractivity contribution in [3.05, 3.63) is 0 Å². The van der Waals surface area contributed by atoms with E-state index in [2.05, 4.69) is 0 Å². The molecule has 0 aromatic rings. The van der Waals surface area contributed by atoms with E-state index >= 15 is 0 Å². The second-order valence-electron chi connectivity index (χ2n) is 0.283. The average molecular weight is 172 g/mol. The van der Waals surface area contributed by atoms with Crippen LogP contribution in [0.2, 0.25) is 0 Å². The van der Waals surface area contributed by atoms with E-state index in [-0.39, 0.29) is 107 Å². The summed E-state index contributed by atoms with van der Waals surface area (Å²) in [6.07, 6.45) is -1.83. The fraction of sp³-hybridized carbons (Fsp3) is 0. The fourth-order valence-corrected chi connectivity index (χ4v) is 0. The molecule has 8 heavy (non-hydrogen) atoms. The van der Waals surface area contributed by atoms with Gasteiger partial charge in [-0.1, -0.05) is 0 Å². The molecule has 0 saturated carbocycles. The number of carboxylic acid groups (broad SMARTS) is 2. The van der Waals surface area contributed by atoms with Crippen LogP contribution in [0.3, 0.4) is 0 Å². The number of rotatable bonds is 0. The molecular weight excluding hydrogens is 165 g/mol. The monoisotopic (exact) mass is 172 g/mol. The van der Waals surface area contributed by atoms with E-state index in [9.17, 15) is 0 Å². The third-order valence-electron chi connectivity index (χ3n) is 0. The molecule has 0 radical (unpaired) electrons. The van der Waals surface area contributed by atoms with Crippen LogP contribution in [-0.2, 0) is 0 Å². The molecule has 0 spiro atoms. The van der Waals surface area contributed by atoms with Crippen molar-refractivity contribution in [1.29, 1.82) is 0 Å². The zero-order valence-electron chi connectivity index (χ0n) is 8.92. The van der Waals surface area contributed by atoms with Crippen molar-refractivity contribution in [3.63, 3.8) is 0 Å². The average Bonchev–Trinajstić information content (AvgIpc) is 0.811. The summed E-state index contributed by atoms with van der Waals surface area (Å²) in [6, 6.07) is 0. The van der Waals surface area contributed by atoms with Crippen LogP contribution in [-0.4, -0.2) is 54.1 Å². The third kappa shape index (κ3) is 77.8. The number of hydrogen-bond acceptors (Lipinski definition) is 1. The smallest absolute Gasteiger partial charge is 1.00 e. The molecule has 0 amide bonds. The molecule has 0 bridgehead atoms. The van der Waals surface area contributed by atoms with Crippen molar-refractivity contribution in [2.75, 3.05) is 0 Å². The summed E-state index contributed by atoms with van der Waals surface area (Å²) in [5.74, 6) is 0. The van der Waals surface area contributed by atoms with Gasteiger partial charge in [0.1, 0.15) is 0 Å². The summed E-state index contributed by atoms with van der Waals surface area (Å²) in [6.45, 7) is 0. The predicted octanol–water partition coefficient (Wildman–Crippen LogP) is -5.55. The zero-order valence-corrected chi connectivity index (χ0v) is 11.1. The van der Waals surface area contributed by atoms with E-state index in [1.165, 1.54) is 0 Å². The Kier molecular flexibility index (Phi) is 89.1. The Labute approximate surface area is 126 Å². The summed E-state index contributed by atoms with van der Waals surface area (Å²) in [5, 5.41) is 13.9. The van der Waals surface area contributed by atoms with E-state index in [4.69, 9.17) is 15.0 Å². The Bertz CT molecular complexity index is 51.3. The van der Waals surface area contributed by atoms with Gasteiger partial charge in [-0.25, -0.2) is 4.79 Å². The van der Waals surface area contributed by atoms with Crippen LogP contribution in [0.15, 0.2) is 0 Å². The first-order chi connectivity index (χ1) is 1.73. The predicted molar refractivity (Wildman–Crippen MR) is 23.4 cm³/mol. The van der Waals surface area contributed by atoms with Gasteiger partial charge >= 0.3 is 103 Å². The van der Waals surface area contributed by atoms with E-state index < -0.39 is 6.16 Å². The minimum Gasteiger partial charge on any atom is -1.00 e. The van der Waals surface area contributed by atoms with Crippen molar-refractivity contribution >= 4 is 43.9 Å². The van der Waals surface area contributed by atoms with Gasteiger partial charge in [0.05, 0.1) is 0 Å². The van der Waals surface area contributed by atoms with E-state index in [1.54, 1.807) is 0 Å². The van der Waals surface area contributed by atoms with Gasteiger partial charge in [0.15, 0.2) is 0 Å². The summed E-state index contributed by atoms with van der Waals surface area (Å²) in [4.78, 5) is 8.56. The molecule has 0 rings (SSSR count). The first-order valence-electron chi connectivity index (χ1n) is 0.651. The van der Waals surface area contributed by atoms with Crippen LogP contribution in [0.25, 0.3) is 0 Å². The number of carbonyl (C=O) groups is 1. The SMILES string of the molecule is F.O=C(O)O.[Ca+2].[H-].[H-].[H-].[H-].[Na+].[Na+]. The van der Waals surface area contributed by atoms with Gasteiger partial charge in [0.25, 0.3) is 0 Å². The standard InChI is InChI=1S/CH2O3.Ca.FH.2Na.4H/c2-1(3)4;;;;;;;;/h(H2,2,3,4);;1H;;;;;;/q;+2;;2*+1;4*-1. The molecule has 0 atom stereocenters. The fourth-order valence-electron chi connectivity index (χ4n) is 0. The molecule has 0 aromatic heterocycles. The van der Waals surface area contributed by atoms with Crippen molar-refractivity contribution in [2.45, 2.75) is 0 Å². The minimum atomic E-state index is -1.83. The molecule has 0 unspecified atom stereocenters. The van der Waals surface area contributed by atoms with Crippen LogP contribution < -0.4 is 59.1 Å². The van der Waals surface area contributed by atoms with E-state index in [0.717, 1.165) is 0 Å². The molecule has 0 fully saturated rings. The quantitative estimate of drug-likeness (QED) is 0.358. The molecule has 3 nitrogen and oxygen atoms in total. The van der Waals surface area contributed by atoms with Crippen molar-refractivity contribution in [1.82, 2.24) is 0 Å². The Morgan fingerprint density at radius 2 is 1.25 bits per heavy atom. The van der Waals surface area contributed by atoms with Gasteiger partial charge in [-0.2, -0.15) is 0 Å². The second kappa shape index (κ2) is 22.7. The largest absolute Gasteiger partial charge is 2.00 e. The number of halogens is 1. The van der Waals surface area contributed by atoms with Crippen LogP contribution >= 0.6 is 0 Å². The van der Waals surface area contributed by atoms with Gasteiger partial charge in [-0.3, -0.25) is 4.70 Å². The first-order valence-corrected chi connectivity index (χ1v) is 0.651. The van der Waals surface area contributed by atoms with Crippen LogP contribution in [0.4, 0.5) is 9.50 Å². The Hall–Kier alpha value is 2.46. The van der Waals surface area contributed by atoms with Crippen molar-refractivity contribution < 1.29 is 84.5 Å². The van der Waals surface area contributed by atoms with Crippen LogP contribution in [0.5, 0.6) is 0 Å². The molecule has 0 aliphatic carbocycles. The summed E-state index contributed by atoms with van der Waals surface area (Å²) in [7, 11) is 0. The van der Waals surface area contributed by atoms with Crippen molar-refractivity contribution in [2.24, 2.45) is 0 Å². The first kappa shape index (κ1) is 31.4. The molecule has 0 heterocycles. The van der Waals surface area contributed by atoms with E-state index in [1.807, 2.05) is 0 Å². The maximum absolute atomic E-state index is 8.56. The topological polar surface area (TPSA) is 57.5 Å². The summed E-state index contributed by atoms with van der Waals surface area (Å²) >= 11 is 0. The summed E-state index contributed by atoms with van der Waals surface area (Å²) in [5.41, 5.74) is 0. The second-order valence-corrected chi connectivity index (χ2v) is 0.283. The molecule has 0 aliphatic heterocycles. The molecule has 7 heteroatoms. The number of hydrogen-bond donors (Lipinski definition) is 2. The maximum atomic E-state index is 8.56. The maximum Gasteiger partial charge on any atom is 2.00 e. The van der Waals surface area contributed by atoms with Gasteiger partial charge in [-0.05, 0) is 0 Å². The Morgan fingerprint density at radius 1 is 1.25 bits per heavy atom. The van der Waals surface area contributed by atoms with Gasteiger partial charge in [0.2, 0.25) is 0 Å².